The Balaban J connectivity index is 1.70. The first kappa shape index (κ1) is 18.2. The van der Waals surface area contributed by atoms with Crippen LogP contribution in [0.1, 0.15) is 29.2 Å². The zero-order chi connectivity index (χ0) is 20.3. The number of carbonyl (C=O) groups excluding carboxylic acids is 1. The van der Waals surface area contributed by atoms with E-state index in [0.29, 0.717) is 24.1 Å². The van der Waals surface area contributed by atoms with Crippen molar-refractivity contribution in [3.63, 3.8) is 0 Å². The molecule has 2 aliphatic rings. The van der Waals surface area contributed by atoms with Gasteiger partial charge in [0, 0.05) is 49.9 Å². The summed E-state index contributed by atoms with van der Waals surface area (Å²) in [5.74, 6) is -2.26. The first-order valence-electron chi connectivity index (χ1n) is 9.75. The van der Waals surface area contributed by atoms with Crippen LogP contribution < -0.4 is 5.43 Å². The summed E-state index contributed by atoms with van der Waals surface area (Å²) in [6.45, 7) is 2.65. The van der Waals surface area contributed by atoms with Crippen molar-refractivity contribution < 1.29 is 13.6 Å². The molecule has 1 saturated heterocycles. The summed E-state index contributed by atoms with van der Waals surface area (Å²) in [6.07, 6.45) is 3.46. The lowest BCUT2D eigenvalue weighted by Crippen LogP contribution is -2.48. The number of likely N-dealkylation sites (N-methyl/N-ethyl adjacent to an activating group) is 1. The van der Waals surface area contributed by atoms with Crippen LogP contribution in [0.15, 0.2) is 29.2 Å². The fraction of sp³-hybridized carbons (Fsp3) is 0.381. The summed E-state index contributed by atoms with van der Waals surface area (Å²) in [7, 11) is 2.00. The van der Waals surface area contributed by atoms with Gasteiger partial charge < -0.3 is 14.4 Å². The molecule has 0 bridgehead atoms. The van der Waals surface area contributed by atoms with Gasteiger partial charge in [0.15, 0.2) is 11.6 Å². The molecular formula is C21H20F2N4O2. The second-order valence-electron chi connectivity index (χ2n) is 7.92. The Kier molecular flexibility index (Phi) is 4.13. The molecule has 3 aromatic rings. The van der Waals surface area contributed by atoms with Gasteiger partial charge in [-0.05, 0) is 32.0 Å². The van der Waals surface area contributed by atoms with Gasteiger partial charge in [0.2, 0.25) is 5.43 Å². The number of aromatic nitrogens is 2. The Morgan fingerprint density at radius 2 is 1.76 bits per heavy atom. The first-order chi connectivity index (χ1) is 13.9. The number of hydrogen-bond acceptors (Lipinski definition) is 4. The maximum absolute atomic E-state index is 13.7. The van der Waals surface area contributed by atoms with E-state index in [-0.39, 0.29) is 28.4 Å². The molecule has 0 atom stereocenters. The standard InChI is InChI=1S/C21H20F2N4O2/c1-25-4-6-26(7-5-25)21(29)15-11-27(13-2-3-13)20-14(19(15)28)8-12-9-16(22)17(23)10-18(12)24-20/h8-11,13H,2-7H2,1H3. The number of pyridine rings is 2. The Labute approximate surface area is 165 Å². The molecule has 29 heavy (non-hydrogen) atoms. The summed E-state index contributed by atoms with van der Waals surface area (Å²) in [6, 6.07) is 3.75. The Morgan fingerprint density at radius 3 is 2.45 bits per heavy atom. The van der Waals surface area contributed by atoms with Crippen LogP contribution in [0.5, 0.6) is 0 Å². The smallest absolute Gasteiger partial charge is 0.259 e. The molecule has 0 N–H and O–H groups in total. The van der Waals surface area contributed by atoms with Crippen LogP contribution in [0.25, 0.3) is 21.9 Å². The number of benzene rings is 1. The van der Waals surface area contributed by atoms with Gasteiger partial charge in [-0.2, -0.15) is 0 Å². The molecule has 3 heterocycles. The van der Waals surface area contributed by atoms with E-state index in [2.05, 4.69) is 9.88 Å². The highest BCUT2D eigenvalue weighted by atomic mass is 19.2. The zero-order valence-electron chi connectivity index (χ0n) is 16.0. The van der Waals surface area contributed by atoms with Crippen molar-refractivity contribution in [2.75, 3.05) is 33.2 Å². The third-order valence-electron chi connectivity index (χ3n) is 5.80. The molecule has 0 radical (unpaired) electrons. The third-order valence-corrected chi connectivity index (χ3v) is 5.80. The number of fused-ring (bicyclic) bond motifs is 2. The number of rotatable bonds is 2. The molecule has 0 unspecified atom stereocenters. The molecule has 1 amide bonds. The van der Waals surface area contributed by atoms with E-state index in [9.17, 15) is 18.4 Å². The normalized spacial score (nSPS) is 18.0. The second-order valence-corrected chi connectivity index (χ2v) is 7.92. The monoisotopic (exact) mass is 398 g/mol. The highest BCUT2D eigenvalue weighted by Crippen LogP contribution is 2.37. The lowest BCUT2D eigenvalue weighted by Gasteiger charge is -2.32. The van der Waals surface area contributed by atoms with E-state index in [1.54, 1.807) is 11.1 Å². The SMILES string of the molecule is CN1CCN(C(=O)c2cn(C3CC3)c3nc4cc(F)c(F)cc4cc3c2=O)CC1. The van der Waals surface area contributed by atoms with Gasteiger partial charge in [0.25, 0.3) is 5.91 Å². The predicted octanol–water partition coefficient (Wildman–Crippen LogP) is 2.55. The minimum Gasteiger partial charge on any atom is -0.336 e. The van der Waals surface area contributed by atoms with Crippen LogP contribution in [0.3, 0.4) is 0 Å². The lowest BCUT2D eigenvalue weighted by atomic mass is 10.1. The number of amides is 1. The van der Waals surface area contributed by atoms with Crippen LogP contribution in [0.2, 0.25) is 0 Å². The Hall–Kier alpha value is -2.87. The van der Waals surface area contributed by atoms with Crippen molar-refractivity contribution in [3.8, 4) is 0 Å². The maximum atomic E-state index is 13.7. The van der Waals surface area contributed by atoms with Gasteiger partial charge in [-0.25, -0.2) is 13.8 Å². The van der Waals surface area contributed by atoms with Gasteiger partial charge in [-0.3, -0.25) is 9.59 Å². The van der Waals surface area contributed by atoms with Gasteiger partial charge in [0.1, 0.15) is 11.2 Å². The summed E-state index contributed by atoms with van der Waals surface area (Å²) in [5.41, 5.74) is 0.381. The van der Waals surface area contributed by atoms with E-state index < -0.39 is 17.1 Å². The summed E-state index contributed by atoms with van der Waals surface area (Å²) in [4.78, 5) is 34.6. The number of halogens is 2. The molecular weight excluding hydrogens is 378 g/mol. The van der Waals surface area contributed by atoms with Crippen molar-refractivity contribution in [1.82, 2.24) is 19.4 Å². The average molecular weight is 398 g/mol. The van der Waals surface area contributed by atoms with Crippen LogP contribution in [-0.2, 0) is 0 Å². The van der Waals surface area contributed by atoms with Crippen molar-refractivity contribution in [3.05, 3.63) is 51.8 Å². The van der Waals surface area contributed by atoms with Crippen LogP contribution in [-0.4, -0.2) is 58.5 Å². The molecule has 5 rings (SSSR count). The third kappa shape index (κ3) is 3.07. The molecule has 2 fully saturated rings. The zero-order valence-corrected chi connectivity index (χ0v) is 16.0. The average Bonchev–Trinajstić information content (AvgIpc) is 3.54. The Bertz CT molecular complexity index is 1210. The topological polar surface area (TPSA) is 58.4 Å². The second kappa shape index (κ2) is 6.59. The number of piperazine rings is 1. The van der Waals surface area contributed by atoms with Crippen LogP contribution in [0.4, 0.5) is 8.78 Å². The fourth-order valence-corrected chi connectivity index (χ4v) is 3.89. The van der Waals surface area contributed by atoms with Crippen molar-refractivity contribution in [1.29, 1.82) is 0 Å². The Morgan fingerprint density at radius 1 is 1.07 bits per heavy atom. The maximum Gasteiger partial charge on any atom is 0.259 e. The van der Waals surface area contributed by atoms with Gasteiger partial charge in [0.05, 0.1) is 10.9 Å². The van der Waals surface area contributed by atoms with Crippen LogP contribution >= 0.6 is 0 Å². The van der Waals surface area contributed by atoms with E-state index in [1.165, 1.54) is 6.07 Å². The summed E-state index contributed by atoms with van der Waals surface area (Å²) < 4.78 is 29.2. The van der Waals surface area contributed by atoms with E-state index in [1.807, 2.05) is 11.6 Å². The predicted molar refractivity (Wildman–Crippen MR) is 105 cm³/mol. The van der Waals surface area contributed by atoms with E-state index in [0.717, 1.165) is 38.1 Å². The minimum atomic E-state index is -0.995. The van der Waals surface area contributed by atoms with Gasteiger partial charge in [-0.1, -0.05) is 0 Å². The minimum absolute atomic E-state index is 0.109. The fourth-order valence-electron chi connectivity index (χ4n) is 3.89. The molecule has 0 spiro atoms. The molecule has 2 aromatic heterocycles. The first-order valence-corrected chi connectivity index (χ1v) is 9.75. The van der Waals surface area contributed by atoms with Crippen molar-refractivity contribution in [2.45, 2.75) is 18.9 Å². The molecule has 150 valence electrons. The molecule has 1 aromatic carbocycles. The summed E-state index contributed by atoms with van der Waals surface area (Å²) in [5, 5.41) is 0.593. The van der Waals surface area contributed by atoms with Crippen LogP contribution in [0, 0.1) is 11.6 Å². The van der Waals surface area contributed by atoms with E-state index in [4.69, 9.17) is 0 Å². The largest absolute Gasteiger partial charge is 0.336 e. The number of carbonyl (C=O) groups is 1. The van der Waals surface area contributed by atoms with Gasteiger partial charge in [-0.15, -0.1) is 0 Å². The molecule has 1 aliphatic carbocycles. The number of hydrogen-bond donors (Lipinski definition) is 0. The molecule has 8 heteroatoms. The highest BCUT2D eigenvalue weighted by molar-refractivity contribution is 5.99. The van der Waals surface area contributed by atoms with Gasteiger partial charge >= 0.3 is 0 Å². The summed E-state index contributed by atoms with van der Waals surface area (Å²) >= 11 is 0. The lowest BCUT2D eigenvalue weighted by molar-refractivity contribution is 0.0662. The molecule has 1 saturated carbocycles. The van der Waals surface area contributed by atoms with Crippen molar-refractivity contribution in [2.24, 2.45) is 0 Å². The van der Waals surface area contributed by atoms with Crippen molar-refractivity contribution >= 4 is 27.8 Å². The molecule has 6 nitrogen and oxygen atoms in total. The quantitative estimate of drug-likeness (QED) is 0.623. The highest BCUT2D eigenvalue weighted by Gasteiger charge is 2.29. The number of nitrogens with zero attached hydrogens (tertiary/aromatic N) is 4. The molecule has 1 aliphatic heterocycles. The van der Waals surface area contributed by atoms with E-state index >= 15 is 0 Å².